The first-order chi connectivity index (χ1) is 7.00. The Balaban J connectivity index is 2.39. The topological polar surface area (TPSA) is 46.2 Å². The van der Waals surface area contributed by atoms with Crippen molar-refractivity contribution in [3.8, 4) is 0 Å². The molecule has 15 heavy (non-hydrogen) atoms. The van der Waals surface area contributed by atoms with Crippen molar-refractivity contribution >= 4 is 19.7 Å². The zero-order chi connectivity index (χ0) is 11.1. The number of benzene rings is 1. The minimum absolute atomic E-state index is 0.194. The van der Waals surface area contributed by atoms with Crippen LogP contribution in [0.3, 0.4) is 0 Å². The van der Waals surface area contributed by atoms with E-state index in [9.17, 15) is 8.42 Å². The van der Waals surface area contributed by atoms with Crippen molar-refractivity contribution in [1.82, 2.24) is 5.32 Å². The Morgan fingerprint density at radius 2 is 2.00 bits per heavy atom. The molecule has 0 amide bonds. The molecule has 0 saturated carbocycles. The summed E-state index contributed by atoms with van der Waals surface area (Å²) in [6.07, 6.45) is 1.82. The van der Waals surface area contributed by atoms with Crippen LogP contribution in [0.2, 0.25) is 0 Å². The second-order valence-corrected chi connectivity index (χ2v) is 6.33. The summed E-state index contributed by atoms with van der Waals surface area (Å²) in [5.41, 5.74) is 2.29. The number of likely N-dealkylation sites (N-methyl/N-ethyl adjacent to an activating group) is 1. The molecule has 0 radical (unpaired) electrons. The third-order valence-corrected chi connectivity index (χ3v) is 4.15. The van der Waals surface area contributed by atoms with Crippen molar-refractivity contribution in [3.63, 3.8) is 0 Å². The van der Waals surface area contributed by atoms with E-state index < -0.39 is 9.05 Å². The zero-order valence-corrected chi connectivity index (χ0v) is 9.90. The lowest BCUT2D eigenvalue weighted by atomic mass is 10.1. The number of nitrogens with one attached hydrogen (secondary N) is 1. The first-order valence-electron chi connectivity index (χ1n) is 4.74. The predicted molar refractivity (Wildman–Crippen MR) is 59.7 cm³/mol. The Bertz CT molecular complexity index is 484. The van der Waals surface area contributed by atoms with Gasteiger partial charge in [-0.3, -0.25) is 0 Å². The van der Waals surface area contributed by atoms with Crippen LogP contribution >= 0.6 is 10.7 Å². The molecule has 0 aromatic heterocycles. The van der Waals surface area contributed by atoms with Gasteiger partial charge in [-0.1, -0.05) is 6.07 Å². The van der Waals surface area contributed by atoms with E-state index in [0.717, 1.165) is 18.4 Å². The molecule has 0 bridgehead atoms. The van der Waals surface area contributed by atoms with E-state index in [-0.39, 0.29) is 4.90 Å². The predicted octanol–water partition coefficient (Wildman–Crippen LogP) is 1.30. The summed E-state index contributed by atoms with van der Waals surface area (Å²) >= 11 is 0. The number of halogens is 1. The number of hydrogen-bond donors (Lipinski definition) is 1. The molecule has 1 atom stereocenters. The van der Waals surface area contributed by atoms with E-state index in [2.05, 4.69) is 5.32 Å². The van der Waals surface area contributed by atoms with Crippen LogP contribution in [0.5, 0.6) is 0 Å². The number of fused-ring (bicyclic) bond motifs is 1. The van der Waals surface area contributed by atoms with E-state index in [1.165, 1.54) is 5.56 Å². The molecule has 0 heterocycles. The summed E-state index contributed by atoms with van der Waals surface area (Å²) in [6, 6.07) is 5.50. The van der Waals surface area contributed by atoms with Gasteiger partial charge in [-0.25, -0.2) is 8.42 Å². The minimum Gasteiger partial charge on any atom is -0.316 e. The third-order valence-electron chi connectivity index (χ3n) is 2.80. The first-order valence-corrected chi connectivity index (χ1v) is 7.05. The van der Waals surface area contributed by atoms with Gasteiger partial charge in [0.25, 0.3) is 9.05 Å². The lowest BCUT2D eigenvalue weighted by molar-refractivity contribution is 0.593. The summed E-state index contributed by atoms with van der Waals surface area (Å²) in [7, 11) is 3.60. The number of hydrogen-bond acceptors (Lipinski definition) is 3. The quantitative estimate of drug-likeness (QED) is 0.799. The van der Waals surface area contributed by atoms with Crippen LogP contribution < -0.4 is 5.32 Å². The SMILES string of the molecule is CNC1Cc2ccc(S(=O)(=O)Cl)cc2C1. The summed E-state index contributed by atoms with van der Waals surface area (Å²) in [5, 5.41) is 3.19. The van der Waals surface area contributed by atoms with Crippen molar-refractivity contribution in [3.05, 3.63) is 29.3 Å². The fraction of sp³-hybridized carbons (Fsp3) is 0.400. The van der Waals surface area contributed by atoms with E-state index in [0.29, 0.717) is 6.04 Å². The molecule has 0 aliphatic heterocycles. The summed E-state index contributed by atoms with van der Waals surface area (Å²) in [5.74, 6) is 0. The lowest BCUT2D eigenvalue weighted by Crippen LogP contribution is -2.24. The molecular formula is C10H12ClNO2S. The van der Waals surface area contributed by atoms with Gasteiger partial charge in [0.05, 0.1) is 4.90 Å². The highest BCUT2D eigenvalue weighted by atomic mass is 35.7. The van der Waals surface area contributed by atoms with Gasteiger partial charge in [-0.05, 0) is 43.1 Å². The summed E-state index contributed by atoms with van der Waals surface area (Å²) in [6.45, 7) is 0. The lowest BCUT2D eigenvalue weighted by Gasteiger charge is -2.04. The van der Waals surface area contributed by atoms with Crippen LogP contribution in [0.4, 0.5) is 0 Å². The van der Waals surface area contributed by atoms with E-state index in [1.807, 2.05) is 13.1 Å². The van der Waals surface area contributed by atoms with Crippen LogP contribution in [-0.2, 0) is 21.9 Å². The van der Waals surface area contributed by atoms with Crippen LogP contribution in [0.15, 0.2) is 23.1 Å². The second kappa shape index (κ2) is 3.77. The van der Waals surface area contributed by atoms with Crippen molar-refractivity contribution in [2.75, 3.05) is 7.05 Å². The molecule has 1 unspecified atom stereocenters. The van der Waals surface area contributed by atoms with Crippen molar-refractivity contribution in [2.24, 2.45) is 0 Å². The molecule has 1 N–H and O–H groups in total. The van der Waals surface area contributed by atoms with Gasteiger partial charge in [0, 0.05) is 16.7 Å². The molecule has 0 fully saturated rings. The van der Waals surface area contributed by atoms with Crippen LogP contribution in [-0.4, -0.2) is 21.5 Å². The summed E-state index contributed by atoms with van der Waals surface area (Å²) < 4.78 is 22.3. The Labute approximate surface area is 93.9 Å². The maximum atomic E-state index is 11.1. The van der Waals surface area contributed by atoms with E-state index in [4.69, 9.17) is 10.7 Å². The Morgan fingerprint density at radius 3 is 2.60 bits per heavy atom. The highest BCUT2D eigenvalue weighted by Crippen LogP contribution is 2.26. The average Bonchev–Trinajstić information content (AvgIpc) is 2.57. The van der Waals surface area contributed by atoms with Gasteiger partial charge < -0.3 is 5.32 Å². The molecule has 82 valence electrons. The highest BCUT2D eigenvalue weighted by Gasteiger charge is 2.22. The number of rotatable bonds is 2. The van der Waals surface area contributed by atoms with Crippen LogP contribution in [0.25, 0.3) is 0 Å². The van der Waals surface area contributed by atoms with Gasteiger partial charge in [0.2, 0.25) is 0 Å². The largest absolute Gasteiger partial charge is 0.316 e. The van der Waals surface area contributed by atoms with Crippen molar-refractivity contribution in [2.45, 2.75) is 23.8 Å². The van der Waals surface area contributed by atoms with Crippen molar-refractivity contribution in [1.29, 1.82) is 0 Å². The Morgan fingerprint density at radius 1 is 1.33 bits per heavy atom. The summed E-state index contributed by atoms with van der Waals surface area (Å²) in [4.78, 5) is 0.194. The Hall–Kier alpha value is -0.580. The van der Waals surface area contributed by atoms with Gasteiger partial charge in [0.15, 0.2) is 0 Å². The van der Waals surface area contributed by atoms with Gasteiger partial charge >= 0.3 is 0 Å². The molecule has 3 nitrogen and oxygen atoms in total. The van der Waals surface area contributed by atoms with E-state index >= 15 is 0 Å². The minimum atomic E-state index is -3.60. The van der Waals surface area contributed by atoms with Gasteiger partial charge in [-0.2, -0.15) is 0 Å². The van der Waals surface area contributed by atoms with Crippen molar-refractivity contribution < 1.29 is 8.42 Å². The maximum Gasteiger partial charge on any atom is 0.261 e. The molecule has 5 heteroatoms. The van der Waals surface area contributed by atoms with Crippen LogP contribution in [0, 0.1) is 0 Å². The molecule has 0 saturated heterocycles. The van der Waals surface area contributed by atoms with Gasteiger partial charge in [-0.15, -0.1) is 0 Å². The Kier molecular flexibility index (Phi) is 2.75. The monoisotopic (exact) mass is 245 g/mol. The van der Waals surface area contributed by atoms with Crippen LogP contribution in [0.1, 0.15) is 11.1 Å². The molecule has 1 aromatic rings. The fourth-order valence-electron chi connectivity index (χ4n) is 1.95. The molecular weight excluding hydrogens is 234 g/mol. The zero-order valence-electron chi connectivity index (χ0n) is 8.33. The second-order valence-electron chi connectivity index (χ2n) is 3.76. The maximum absolute atomic E-state index is 11.1. The smallest absolute Gasteiger partial charge is 0.261 e. The normalized spacial score (nSPS) is 20.3. The highest BCUT2D eigenvalue weighted by molar-refractivity contribution is 8.13. The molecule has 0 spiro atoms. The molecule has 2 rings (SSSR count). The van der Waals surface area contributed by atoms with Gasteiger partial charge in [0.1, 0.15) is 0 Å². The van der Waals surface area contributed by atoms with E-state index in [1.54, 1.807) is 12.1 Å². The molecule has 1 aromatic carbocycles. The third kappa shape index (κ3) is 2.17. The first kappa shape index (κ1) is 10.9. The average molecular weight is 246 g/mol. The molecule has 1 aliphatic carbocycles. The standard InChI is InChI=1S/C10H12ClNO2S/c1-12-9-4-7-2-3-10(15(11,13)14)6-8(7)5-9/h2-3,6,9,12H,4-5H2,1H3. The fourth-order valence-corrected chi connectivity index (χ4v) is 2.75. The molecule has 1 aliphatic rings.